The fraction of sp³-hybridized carbons (Fsp3) is 0.933. The molecule has 3 atom stereocenters. The molecule has 0 aliphatic rings. The number of rotatable bonds is 8. The molecule has 3 nitrogen and oxygen atoms in total. The molecule has 0 spiro atoms. The maximum atomic E-state index is 12.1. The lowest BCUT2D eigenvalue weighted by molar-refractivity contribution is -0.164. The molecule has 0 amide bonds. The minimum atomic E-state index is -0.949. The van der Waals surface area contributed by atoms with Crippen LogP contribution in [0.15, 0.2) is 0 Å². The summed E-state index contributed by atoms with van der Waals surface area (Å²) in [5, 5.41) is 10.8. The van der Waals surface area contributed by atoms with Crippen LogP contribution in [-0.2, 0) is 9.53 Å². The van der Waals surface area contributed by atoms with Gasteiger partial charge in [0.15, 0.2) is 0 Å². The highest BCUT2D eigenvalue weighted by Gasteiger charge is 2.43. The van der Waals surface area contributed by atoms with Crippen molar-refractivity contribution in [3.8, 4) is 0 Å². The number of hydrogen-bond acceptors (Lipinski definition) is 3. The molecular formula is C15H30O3. The summed E-state index contributed by atoms with van der Waals surface area (Å²) in [7, 11) is 0. The van der Waals surface area contributed by atoms with Gasteiger partial charge in [-0.3, -0.25) is 4.79 Å². The Morgan fingerprint density at radius 3 is 2.11 bits per heavy atom. The Balaban J connectivity index is 5.07. The van der Waals surface area contributed by atoms with E-state index >= 15 is 0 Å². The highest BCUT2D eigenvalue weighted by atomic mass is 16.5. The molecule has 0 saturated heterocycles. The van der Waals surface area contributed by atoms with Gasteiger partial charge in [-0.2, -0.15) is 0 Å². The third-order valence-corrected chi connectivity index (χ3v) is 3.80. The van der Waals surface area contributed by atoms with E-state index in [-0.39, 0.29) is 11.9 Å². The number of ether oxygens (including phenoxy) is 1. The lowest BCUT2D eigenvalue weighted by atomic mass is 9.73. The van der Waals surface area contributed by atoms with Crippen molar-refractivity contribution in [3.05, 3.63) is 0 Å². The minimum Gasteiger partial charge on any atom is -0.466 e. The van der Waals surface area contributed by atoms with Crippen molar-refractivity contribution in [2.75, 3.05) is 6.61 Å². The van der Waals surface area contributed by atoms with Crippen LogP contribution in [0.5, 0.6) is 0 Å². The van der Waals surface area contributed by atoms with Crippen LogP contribution < -0.4 is 0 Å². The predicted octanol–water partition coefficient (Wildman–Crippen LogP) is 3.40. The van der Waals surface area contributed by atoms with Crippen LogP contribution in [0.25, 0.3) is 0 Å². The number of aliphatic hydroxyl groups is 1. The first-order valence-corrected chi connectivity index (χ1v) is 7.21. The van der Waals surface area contributed by atoms with Crippen LogP contribution in [0.1, 0.15) is 60.8 Å². The first-order valence-electron chi connectivity index (χ1n) is 7.21. The Morgan fingerprint density at radius 1 is 1.22 bits per heavy atom. The minimum absolute atomic E-state index is 0.0815. The summed E-state index contributed by atoms with van der Waals surface area (Å²) in [5.41, 5.74) is -0.949. The maximum absolute atomic E-state index is 12.1. The van der Waals surface area contributed by atoms with E-state index in [9.17, 15) is 9.90 Å². The Kier molecular flexibility index (Phi) is 7.53. The zero-order chi connectivity index (χ0) is 14.3. The molecule has 0 radical (unpaired) electrons. The van der Waals surface area contributed by atoms with E-state index in [1.165, 1.54) is 0 Å². The predicted molar refractivity (Wildman–Crippen MR) is 74.3 cm³/mol. The van der Waals surface area contributed by atoms with Gasteiger partial charge in [0.25, 0.3) is 0 Å². The molecule has 18 heavy (non-hydrogen) atoms. The molecule has 0 fully saturated rings. The van der Waals surface area contributed by atoms with Gasteiger partial charge in [0.05, 0.1) is 18.1 Å². The third kappa shape index (κ3) is 4.60. The molecule has 0 heterocycles. The van der Waals surface area contributed by atoms with Gasteiger partial charge < -0.3 is 9.84 Å². The molecule has 0 saturated carbocycles. The van der Waals surface area contributed by atoms with Crippen molar-refractivity contribution in [1.29, 1.82) is 0 Å². The van der Waals surface area contributed by atoms with Gasteiger partial charge in [-0.1, -0.05) is 41.0 Å². The molecular weight excluding hydrogens is 228 g/mol. The van der Waals surface area contributed by atoms with Crippen LogP contribution >= 0.6 is 0 Å². The molecule has 0 aromatic heterocycles. The summed E-state index contributed by atoms with van der Waals surface area (Å²) in [5.74, 6) is -0.208. The fourth-order valence-electron chi connectivity index (χ4n) is 2.58. The molecule has 108 valence electrons. The standard InChI is InChI=1S/C15H30O3/c1-7-12(6)10-15(17,8-2)13(11(4)5)14(16)18-9-3/h11-13,17H,7-10H2,1-6H3. The van der Waals surface area contributed by atoms with Crippen molar-refractivity contribution < 1.29 is 14.6 Å². The third-order valence-electron chi connectivity index (χ3n) is 3.80. The molecule has 1 N–H and O–H groups in total. The van der Waals surface area contributed by atoms with Crippen molar-refractivity contribution in [2.24, 2.45) is 17.8 Å². The monoisotopic (exact) mass is 258 g/mol. The van der Waals surface area contributed by atoms with Crippen LogP contribution in [0, 0.1) is 17.8 Å². The first kappa shape index (κ1) is 17.4. The Bertz CT molecular complexity index is 250. The largest absolute Gasteiger partial charge is 0.466 e. The van der Waals surface area contributed by atoms with Crippen LogP contribution in [0.3, 0.4) is 0 Å². The summed E-state index contributed by atoms with van der Waals surface area (Å²) in [6.45, 7) is 12.3. The van der Waals surface area contributed by atoms with Gasteiger partial charge in [-0.25, -0.2) is 0 Å². The van der Waals surface area contributed by atoms with Crippen LogP contribution in [0.4, 0.5) is 0 Å². The summed E-state index contributed by atoms with van der Waals surface area (Å²) in [6.07, 6.45) is 2.25. The smallest absolute Gasteiger partial charge is 0.312 e. The zero-order valence-corrected chi connectivity index (χ0v) is 12.8. The quantitative estimate of drug-likeness (QED) is 0.679. The molecule has 0 bridgehead atoms. The highest BCUT2D eigenvalue weighted by Crippen LogP contribution is 2.35. The zero-order valence-electron chi connectivity index (χ0n) is 12.8. The lowest BCUT2D eigenvalue weighted by Gasteiger charge is -2.38. The van der Waals surface area contributed by atoms with E-state index in [2.05, 4.69) is 13.8 Å². The van der Waals surface area contributed by atoms with Gasteiger partial charge >= 0.3 is 5.97 Å². The summed E-state index contributed by atoms with van der Waals surface area (Å²) in [6, 6.07) is 0. The second-order valence-electron chi connectivity index (χ2n) is 5.65. The highest BCUT2D eigenvalue weighted by molar-refractivity contribution is 5.74. The summed E-state index contributed by atoms with van der Waals surface area (Å²) >= 11 is 0. The average Bonchev–Trinajstić information content (AvgIpc) is 2.28. The van der Waals surface area contributed by atoms with E-state index in [0.717, 1.165) is 6.42 Å². The van der Waals surface area contributed by atoms with Gasteiger partial charge in [-0.05, 0) is 31.6 Å². The lowest BCUT2D eigenvalue weighted by Crippen LogP contribution is -2.46. The van der Waals surface area contributed by atoms with E-state index < -0.39 is 11.5 Å². The number of carbonyl (C=O) groups is 1. The second kappa shape index (κ2) is 7.78. The Labute approximate surface area is 112 Å². The molecule has 3 heteroatoms. The van der Waals surface area contributed by atoms with Crippen LogP contribution in [-0.4, -0.2) is 23.3 Å². The van der Waals surface area contributed by atoms with E-state index in [1.54, 1.807) is 6.92 Å². The van der Waals surface area contributed by atoms with Gasteiger partial charge in [0.2, 0.25) is 0 Å². The SMILES string of the molecule is CCOC(=O)C(C(C)C)C(O)(CC)CC(C)CC. The normalized spacial score (nSPS) is 18.2. The van der Waals surface area contributed by atoms with Gasteiger partial charge in [0, 0.05) is 0 Å². The maximum Gasteiger partial charge on any atom is 0.312 e. The molecule has 0 rings (SSSR count). The first-order chi connectivity index (χ1) is 8.32. The molecule has 0 aliphatic carbocycles. The van der Waals surface area contributed by atoms with E-state index in [0.29, 0.717) is 25.4 Å². The summed E-state index contributed by atoms with van der Waals surface area (Å²) < 4.78 is 5.13. The molecule has 0 aromatic rings. The topological polar surface area (TPSA) is 46.5 Å². The molecule has 0 aromatic carbocycles. The average molecular weight is 258 g/mol. The number of hydrogen-bond donors (Lipinski definition) is 1. The summed E-state index contributed by atoms with van der Waals surface area (Å²) in [4.78, 5) is 12.1. The van der Waals surface area contributed by atoms with Crippen LogP contribution in [0.2, 0.25) is 0 Å². The fourth-order valence-corrected chi connectivity index (χ4v) is 2.58. The number of carbonyl (C=O) groups excluding carboxylic acids is 1. The Hall–Kier alpha value is -0.570. The van der Waals surface area contributed by atoms with Crippen molar-refractivity contribution in [2.45, 2.75) is 66.4 Å². The molecule has 0 aliphatic heterocycles. The van der Waals surface area contributed by atoms with Gasteiger partial charge in [-0.15, -0.1) is 0 Å². The molecule has 3 unspecified atom stereocenters. The second-order valence-corrected chi connectivity index (χ2v) is 5.65. The van der Waals surface area contributed by atoms with Crippen molar-refractivity contribution >= 4 is 5.97 Å². The van der Waals surface area contributed by atoms with Crippen molar-refractivity contribution in [3.63, 3.8) is 0 Å². The van der Waals surface area contributed by atoms with E-state index in [4.69, 9.17) is 4.74 Å². The van der Waals surface area contributed by atoms with E-state index in [1.807, 2.05) is 20.8 Å². The Morgan fingerprint density at radius 2 is 1.78 bits per heavy atom. The number of esters is 1. The van der Waals surface area contributed by atoms with Crippen molar-refractivity contribution in [1.82, 2.24) is 0 Å². The van der Waals surface area contributed by atoms with Gasteiger partial charge in [0.1, 0.15) is 0 Å².